The van der Waals surface area contributed by atoms with Gasteiger partial charge in [0, 0.05) is 36.4 Å². The van der Waals surface area contributed by atoms with Gasteiger partial charge in [-0.1, -0.05) is 0 Å². The number of hydrogen-bond donors (Lipinski definition) is 1. The normalized spacial score (nSPS) is 19.4. The van der Waals surface area contributed by atoms with E-state index in [0.717, 1.165) is 24.7 Å². The lowest BCUT2D eigenvalue weighted by Crippen LogP contribution is -2.45. The number of nitrogens with one attached hydrogen (secondary N) is 1. The van der Waals surface area contributed by atoms with E-state index >= 15 is 0 Å². The van der Waals surface area contributed by atoms with Crippen LogP contribution in [0.3, 0.4) is 0 Å². The number of rotatable bonds is 4. The lowest BCUT2D eigenvalue weighted by Gasteiger charge is -2.29. The molecule has 2 heterocycles. The van der Waals surface area contributed by atoms with Crippen LogP contribution in [-0.2, 0) is 0 Å². The summed E-state index contributed by atoms with van der Waals surface area (Å²) in [7, 11) is 1.65. The van der Waals surface area contributed by atoms with Crippen molar-refractivity contribution < 1.29 is 4.74 Å². The first-order chi connectivity index (χ1) is 9.39. The van der Waals surface area contributed by atoms with Gasteiger partial charge in [0.1, 0.15) is 0 Å². The first-order valence-electron chi connectivity index (χ1n) is 7.30. The van der Waals surface area contributed by atoms with Crippen LogP contribution in [0.1, 0.15) is 39.3 Å². The molecule has 5 heteroatoms. The van der Waals surface area contributed by atoms with E-state index in [9.17, 15) is 0 Å². The predicted octanol–water partition coefficient (Wildman–Crippen LogP) is 2.15. The van der Waals surface area contributed by atoms with Crippen molar-refractivity contribution in [1.82, 2.24) is 15.3 Å². The van der Waals surface area contributed by atoms with E-state index < -0.39 is 0 Å². The molecule has 20 heavy (non-hydrogen) atoms. The molecule has 1 aliphatic rings. The highest BCUT2D eigenvalue weighted by Gasteiger charge is 2.28. The number of aromatic nitrogens is 2. The molecule has 1 unspecified atom stereocenters. The average molecular weight is 278 g/mol. The molecule has 1 saturated heterocycles. The summed E-state index contributed by atoms with van der Waals surface area (Å²) in [6.07, 6.45) is 2.37. The molecule has 1 aromatic heterocycles. The van der Waals surface area contributed by atoms with E-state index in [4.69, 9.17) is 4.74 Å². The summed E-state index contributed by atoms with van der Waals surface area (Å²) in [5, 5.41) is 3.58. The van der Waals surface area contributed by atoms with Crippen molar-refractivity contribution in [2.24, 2.45) is 0 Å². The molecule has 1 N–H and O–H groups in total. The monoisotopic (exact) mass is 278 g/mol. The summed E-state index contributed by atoms with van der Waals surface area (Å²) in [4.78, 5) is 11.4. The van der Waals surface area contributed by atoms with Crippen molar-refractivity contribution in [3.8, 4) is 5.88 Å². The third kappa shape index (κ3) is 3.82. The molecule has 1 atom stereocenters. The van der Waals surface area contributed by atoms with Gasteiger partial charge in [0.25, 0.3) is 0 Å². The number of hydrogen-bond acceptors (Lipinski definition) is 5. The summed E-state index contributed by atoms with van der Waals surface area (Å²) in [6, 6.07) is 2.32. The summed E-state index contributed by atoms with van der Waals surface area (Å²) in [6.45, 7) is 10.5. The van der Waals surface area contributed by atoms with Crippen molar-refractivity contribution in [2.45, 2.75) is 52.1 Å². The van der Waals surface area contributed by atoms with Crippen LogP contribution in [0.15, 0.2) is 6.07 Å². The van der Waals surface area contributed by atoms with E-state index in [0.29, 0.717) is 11.9 Å². The highest BCUT2D eigenvalue weighted by molar-refractivity contribution is 5.37. The van der Waals surface area contributed by atoms with E-state index in [-0.39, 0.29) is 5.54 Å². The molecule has 0 saturated carbocycles. The van der Waals surface area contributed by atoms with Crippen LogP contribution in [0.2, 0.25) is 0 Å². The van der Waals surface area contributed by atoms with Gasteiger partial charge in [0.15, 0.2) is 0 Å². The molecule has 112 valence electrons. The summed E-state index contributed by atoms with van der Waals surface area (Å²) < 4.78 is 5.25. The number of methoxy groups -OCH3 is 1. The van der Waals surface area contributed by atoms with Gasteiger partial charge >= 0.3 is 0 Å². The lowest BCUT2D eigenvalue weighted by atomic mass is 10.1. The molecule has 0 bridgehead atoms. The zero-order chi connectivity index (χ0) is 14.8. The maximum Gasteiger partial charge on any atom is 0.229 e. The molecular weight excluding hydrogens is 252 g/mol. The molecule has 5 nitrogen and oxygen atoms in total. The van der Waals surface area contributed by atoms with Crippen LogP contribution in [0.4, 0.5) is 5.95 Å². The molecule has 0 amide bonds. The standard InChI is InChI=1S/C15H26N4O/c1-11-9-13(20-5)18-14(17-11)19-8-6-7-12(19)10-16-15(2,3)4/h9,12,16H,6-8,10H2,1-5H3. The van der Waals surface area contributed by atoms with Crippen LogP contribution in [0, 0.1) is 6.92 Å². The van der Waals surface area contributed by atoms with Crippen LogP contribution in [0.25, 0.3) is 0 Å². The topological polar surface area (TPSA) is 50.3 Å². The largest absolute Gasteiger partial charge is 0.481 e. The van der Waals surface area contributed by atoms with Crippen LogP contribution in [-0.4, -0.2) is 41.7 Å². The van der Waals surface area contributed by atoms with Gasteiger partial charge in [-0.2, -0.15) is 4.98 Å². The van der Waals surface area contributed by atoms with Crippen molar-refractivity contribution in [2.75, 3.05) is 25.1 Å². The second-order valence-electron chi connectivity index (χ2n) is 6.47. The van der Waals surface area contributed by atoms with Crippen molar-refractivity contribution in [3.63, 3.8) is 0 Å². The van der Waals surface area contributed by atoms with Gasteiger partial charge in [0.2, 0.25) is 11.8 Å². The Morgan fingerprint density at radius 3 is 2.80 bits per heavy atom. The zero-order valence-electron chi connectivity index (χ0n) is 13.2. The molecular formula is C15H26N4O. The van der Waals surface area contributed by atoms with Crippen LogP contribution < -0.4 is 15.0 Å². The van der Waals surface area contributed by atoms with Crippen LogP contribution >= 0.6 is 0 Å². The number of ether oxygens (including phenoxy) is 1. The Morgan fingerprint density at radius 2 is 2.15 bits per heavy atom. The Hall–Kier alpha value is -1.36. The molecule has 0 aromatic carbocycles. The van der Waals surface area contributed by atoms with Gasteiger partial charge in [-0.3, -0.25) is 0 Å². The summed E-state index contributed by atoms with van der Waals surface area (Å²) in [5.41, 5.74) is 1.08. The molecule has 1 fully saturated rings. The number of anilines is 1. The maximum atomic E-state index is 5.25. The van der Waals surface area contributed by atoms with Gasteiger partial charge in [-0.15, -0.1) is 0 Å². The Morgan fingerprint density at radius 1 is 1.40 bits per heavy atom. The third-order valence-electron chi connectivity index (χ3n) is 3.53. The fraction of sp³-hybridized carbons (Fsp3) is 0.733. The second-order valence-corrected chi connectivity index (χ2v) is 6.47. The van der Waals surface area contributed by atoms with Crippen molar-refractivity contribution in [3.05, 3.63) is 11.8 Å². The van der Waals surface area contributed by atoms with E-state index in [2.05, 4.69) is 41.0 Å². The smallest absolute Gasteiger partial charge is 0.229 e. The molecule has 0 aliphatic carbocycles. The molecule has 1 aliphatic heterocycles. The summed E-state index contributed by atoms with van der Waals surface area (Å²) in [5.74, 6) is 1.43. The predicted molar refractivity (Wildman–Crippen MR) is 81.4 cm³/mol. The fourth-order valence-electron chi connectivity index (χ4n) is 2.49. The van der Waals surface area contributed by atoms with Crippen molar-refractivity contribution in [1.29, 1.82) is 0 Å². The first kappa shape index (κ1) is 15.0. The SMILES string of the molecule is COc1cc(C)nc(N2CCCC2CNC(C)(C)C)n1. The Balaban J connectivity index is 2.12. The molecule has 2 rings (SSSR count). The number of aryl methyl sites for hydroxylation is 1. The van der Waals surface area contributed by atoms with E-state index in [1.54, 1.807) is 7.11 Å². The molecule has 0 spiro atoms. The highest BCUT2D eigenvalue weighted by Crippen LogP contribution is 2.24. The van der Waals surface area contributed by atoms with Crippen molar-refractivity contribution >= 4 is 5.95 Å². The quantitative estimate of drug-likeness (QED) is 0.914. The molecule has 0 radical (unpaired) electrons. The van der Waals surface area contributed by atoms with Gasteiger partial charge in [-0.05, 0) is 40.5 Å². The molecule has 1 aromatic rings. The highest BCUT2D eigenvalue weighted by atomic mass is 16.5. The second kappa shape index (κ2) is 5.95. The Kier molecular flexibility index (Phi) is 4.48. The zero-order valence-corrected chi connectivity index (χ0v) is 13.2. The maximum absolute atomic E-state index is 5.25. The van der Waals surface area contributed by atoms with Gasteiger partial charge in [0.05, 0.1) is 7.11 Å². The lowest BCUT2D eigenvalue weighted by molar-refractivity contribution is 0.392. The Bertz CT molecular complexity index is 456. The summed E-state index contributed by atoms with van der Waals surface area (Å²) >= 11 is 0. The van der Waals surface area contributed by atoms with Gasteiger partial charge in [-0.25, -0.2) is 4.98 Å². The minimum atomic E-state index is 0.138. The van der Waals surface area contributed by atoms with Gasteiger partial charge < -0.3 is 15.0 Å². The Labute approximate surface area is 121 Å². The minimum absolute atomic E-state index is 0.138. The first-order valence-corrected chi connectivity index (χ1v) is 7.30. The number of nitrogens with zero attached hydrogens (tertiary/aromatic N) is 3. The fourth-order valence-corrected chi connectivity index (χ4v) is 2.49. The minimum Gasteiger partial charge on any atom is -0.481 e. The third-order valence-corrected chi connectivity index (χ3v) is 3.53. The average Bonchev–Trinajstić information content (AvgIpc) is 2.83. The van der Waals surface area contributed by atoms with Crippen LogP contribution in [0.5, 0.6) is 5.88 Å². The van der Waals surface area contributed by atoms with E-state index in [1.807, 2.05) is 13.0 Å². The van der Waals surface area contributed by atoms with E-state index in [1.165, 1.54) is 12.8 Å².